The van der Waals surface area contributed by atoms with Gasteiger partial charge in [-0.05, 0) is 85.7 Å². The van der Waals surface area contributed by atoms with Gasteiger partial charge in [0, 0.05) is 67.2 Å². The smallest absolute Gasteiger partial charge is 0.304 e. The first-order valence-electron chi connectivity index (χ1n) is 18.9. The molecule has 2 saturated carbocycles. The third kappa shape index (κ3) is 5.46. The van der Waals surface area contributed by atoms with Crippen LogP contribution in [0.4, 0.5) is 0 Å². The molecule has 0 spiro atoms. The third-order valence-corrected chi connectivity index (χ3v) is 14.1. The predicted molar refractivity (Wildman–Crippen MR) is 201 cm³/mol. The zero-order valence-corrected chi connectivity index (χ0v) is 30.8. The van der Waals surface area contributed by atoms with Gasteiger partial charge >= 0.3 is 10.2 Å². The molecule has 1 N–H and O–H groups in total. The van der Waals surface area contributed by atoms with Gasteiger partial charge < -0.3 is 19.1 Å². The van der Waals surface area contributed by atoms with Crippen molar-refractivity contribution in [1.29, 1.82) is 0 Å². The van der Waals surface area contributed by atoms with Crippen molar-refractivity contribution in [3.05, 3.63) is 89.0 Å². The quantitative estimate of drug-likeness (QED) is 0.250. The molecule has 11 heteroatoms. The van der Waals surface area contributed by atoms with E-state index in [0.717, 1.165) is 90.7 Å². The fourth-order valence-electron chi connectivity index (χ4n) is 9.60. The Kier molecular flexibility index (Phi) is 8.24. The molecule has 0 bridgehead atoms. The minimum atomic E-state index is -3.91. The number of aromatic nitrogens is 1. The van der Waals surface area contributed by atoms with E-state index in [0.29, 0.717) is 37.7 Å². The summed E-state index contributed by atoms with van der Waals surface area (Å²) in [6.07, 6.45) is 7.24. The number of ether oxygens (including phenoxy) is 1. The molecule has 4 aromatic rings. The van der Waals surface area contributed by atoms with Crippen LogP contribution in [0.2, 0.25) is 0 Å². The molecule has 0 radical (unpaired) electrons. The lowest BCUT2D eigenvalue weighted by atomic mass is 9.81. The summed E-state index contributed by atoms with van der Waals surface area (Å²) in [4.78, 5) is 33.4. The molecule has 4 heterocycles. The molecule has 2 amide bonds. The highest BCUT2D eigenvalue weighted by Crippen LogP contribution is 2.66. The van der Waals surface area contributed by atoms with Crippen LogP contribution in [0.5, 0.6) is 5.75 Å². The highest BCUT2D eigenvalue weighted by atomic mass is 32.2. The van der Waals surface area contributed by atoms with Gasteiger partial charge in [0.05, 0.1) is 24.3 Å². The van der Waals surface area contributed by atoms with E-state index in [-0.39, 0.29) is 17.9 Å². The molecule has 272 valence electrons. The first-order chi connectivity index (χ1) is 25.2. The Morgan fingerprint density at radius 3 is 2.42 bits per heavy atom. The van der Waals surface area contributed by atoms with Gasteiger partial charge in [-0.2, -0.15) is 12.7 Å². The Balaban J connectivity index is 1.21. The Bertz CT molecular complexity index is 2170. The highest BCUT2D eigenvalue weighted by Gasteiger charge is 2.64. The molecule has 3 aliphatic heterocycles. The van der Waals surface area contributed by atoms with Gasteiger partial charge in [-0.15, -0.1) is 0 Å². The summed E-state index contributed by atoms with van der Waals surface area (Å²) in [6, 6.07) is 22.3. The lowest BCUT2D eigenvalue weighted by molar-refractivity contribution is -0.143. The SMILES string of the molecule is COc1ccc2c(c1)C1CC1(C(=O)N1CCN(C)CC1c1ccccc1)Cn1c-2c(C2CCCCC2)c2ccc(C(=O)NS(=O)(=O)N3CCC3)cc21. The normalized spacial score (nSPS) is 25.0. The van der Waals surface area contributed by atoms with Crippen LogP contribution in [0.15, 0.2) is 66.7 Å². The van der Waals surface area contributed by atoms with Crippen LogP contribution in [0.3, 0.4) is 0 Å². The summed E-state index contributed by atoms with van der Waals surface area (Å²) in [5, 5.41) is 1.08. The number of nitrogens with one attached hydrogen (secondary N) is 1. The topological polar surface area (TPSA) is 104 Å². The second-order valence-corrected chi connectivity index (χ2v) is 17.3. The van der Waals surface area contributed by atoms with Crippen LogP contribution in [0.25, 0.3) is 22.2 Å². The van der Waals surface area contributed by atoms with Gasteiger partial charge in [0.2, 0.25) is 5.91 Å². The van der Waals surface area contributed by atoms with E-state index in [1.54, 1.807) is 13.2 Å². The number of nitrogens with zero attached hydrogens (tertiary/aromatic N) is 4. The van der Waals surface area contributed by atoms with Crippen LogP contribution in [-0.4, -0.2) is 85.8 Å². The number of piperazine rings is 1. The van der Waals surface area contributed by atoms with Gasteiger partial charge in [0.1, 0.15) is 5.75 Å². The minimum absolute atomic E-state index is 0.0171. The molecular weight excluding hydrogens is 675 g/mol. The molecule has 4 fully saturated rings. The van der Waals surface area contributed by atoms with Gasteiger partial charge in [0.15, 0.2) is 0 Å². The fraction of sp³-hybridized carbons (Fsp3) is 0.463. The average molecular weight is 722 g/mol. The maximum Gasteiger partial charge on any atom is 0.304 e. The first kappa shape index (κ1) is 33.6. The van der Waals surface area contributed by atoms with Gasteiger partial charge in [-0.1, -0.05) is 55.7 Å². The molecule has 1 aromatic heterocycles. The lowest BCUT2D eigenvalue weighted by Crippen LogP contribution is -2.52. The Morgan fingerprint density at radius 2 is 1.69 bits per heavy atom. The van der Waals surface area contributed by atoms with E-state index in [9.17, 15) is 13.2 Å². The monoisotopic (exact) mass is 721 g/mol. The molecule has 52 heavy (non-hydrogen) atoms. The largest absolute Gasteiger partial charge is 0.497 e. The van der Waals surface area contributed by atoms with Crippen LogP contribution >= 0.6 is 0 Å². The second-order valence-electron chi connectivity index (χ2n) is 15.7. The third-order valence-electron chi connectivity index (χ3n) is 12.6. The number of rotatable bonds is 7. The van der Waals surface area contributed by atoms with E-state index < -0.39 is 21.5 Å². The number of amides is 2. The van der Waals surface area contributed by atoms with Gasteiger partial charge in [-0.3, -0.25) is 9.59 Å². The van der Waals surface area contributed by atoms with E-state index in [1.807, 2.05) is 36.4 Å². The van der Waals surface area contributed by atoms with E-state index in [4.69, 9.17) is 4.74 Å². The Labute approximate surface area is 305 Å². The van der Waals surface area contributed by atoms with Crippen molar-refractivity contribution in [3.63, 3.8) is 0 Å². The molecular formula is C41H47N5O5S. The summed E-state index contributed by atoms with van der Waals surface area (Å²) in [5.74, 6) is 0.677. The van der Waals surface area contributed by atoms with Crippen molar-refractivity contribution in [2.45, 2.75) is 69.4 Å². The van der Waals surface area contributed by atoms with Gasteiger partial charge in [-0.25, -0.2) is 4.72 Å². The lowest BCUT2D eigenvalue weighted by Gasteiger charge is -2.42. The van der Waals surface area contributed by atoms with Crippen molar-refractivity contribution >= 4 is 32.9 Å². The average Bonchev–Trinajstić information content (AvgIpc) is 3.80. The van der Waals surface area contributed by atoms with Gasteiger partial charge in [0.25, 0.3) is 5.91 Å². The maximum absolute atomic E-state index is 15.3. The molecule has 5 aliphatic rings. The molecule has 10 nitrogen and oxygen atoms in total. The fourth-order valence-corrected chi connectivity index (χ4v) is 10.8. The number of benzene rings is 3. The predicted octanol–water partition coefficient (Wildman–Crippen LogP) is 6.05. The van der Waals surface area contributed by atoms with Crippen LogP contribution in [-0.2, 0) is 21.5 Å². The van der Waals surface area contributed by atoms with Crippen LogP contribution < -0.4 is 9.46 Å². The zero-order valence-electron chi connectivity index (χ0n) is 30.0. The van der Waals surface area contributed by atoms with Crippen molar-refractivity contribution in [2.75, 3.05) is 46.9 Å². The maximum atomic E-state index is 15.3. The second kappa shape index (κ2) is 12.7. The Hall–Kier alpha value is -4.19. The zero-order chi connectivity index (χ0) is 35.8. The molecule has 3 aromatic carbocycles. The summed E-state index contributed by atoms with van der Waals surface area (Å²) < 4.78 is 37.6. The number of hydrogen-bond donors (Lipinski definition) is 1. The first-order valence-corrected chi connectivity index (χ1v) is 20.3. The molecule has 3 unspecified atom stereocenters. The summed E-state index contributed by atoms with van der Waals surface area (Å²) in [5.41, 5.74) is 6.32. The standard InChI is InChI=1S/C41H47N5O5S/c1-43-20-21-45(36(25-43)27-10-5-3-6-11-27)40(48)41-24-34(41)33-23-30(51-2)15-17-31(33)38-37(28-12-7-4-8-13-28)32-16-14-29(22-35(32)46(38)26-41)39(47)42-52(49,50)44-18-9-19-44/h3,5-6,10-11,14-17,22-23,28,34,36H,4,7-9,12-13,18-21,24-26H2,1-2H3,(H,42,47). The minimum Gasteiger partial charge on any atom is -0.497 e. The number of carbonyl (C=O) groups excluding carboxylic acids is 2. The molecule has 9 rings (SSSR count). The summed E-state index contributed by atoms with van der Waals surface area (Å²) in [7, 11) is -0.0973. The van der Waals surface area contributed by atoms with E-state index >= 15 is 4.79 Å². The molecule has 2 saturated heterocycles. The molecule has 3 atom stereocenters. The number of fused-ring (bicyclic) bond motifs is 7. The molecule has 2 aliphatic carbocycles. The van der Waals surface area contributed by atoms with Crippen LogP contribution in [0.1, 0.15) is 89.9 Å². The van der Waals surface area contributed by atoms with Crippen molar-refractivity contribution in [3.8, 4) is 17.0 Å². The van der Waals surface area contributed by atoms with Crippen molar-refractivity contribution in [1.82, 2.24) is 23.4 Å². The van der Waals surface area contributed by atoms with Crippen LogP contribution in [0, 0.1) is 5.41 Å². The number of hydrogen-bond acceptors (Lipinski definition) is 6. The Morgan fingerprint density at radius 1 is 0.904 bits per heavy atom. The van der Waals surface area contributed by atoms with E-state index in [2.05, 4.69) is 50.4 Å². The summed E-state index contributed by atoms with van der Waals surface area (Å²) >= 11 is 0. The number of likely N-dealkylation sites (N-methyl/N-ethyl adjacent to an activating group) is 1. The highest BCUT2D eigenvalue weighted by molar-refractivity contribution is 7.87. The van der Waals surface area contributed by atoms with Crippen molar-refractivity contribution < 1.29 is 22.7 Å². The van der Waals surface area contributed by atoms with Crippen molar-refractivity contribution in [2.24, 2.45) is 5.41 Å². The number of methoxy groups -OCH3 is 1. The summed E-state index contributed by atoms with van der Waals surface area (Å²) in [6.45, 7) is 3.54. The number of carbonyl (C=O) groups is 2. The van der Waals surface area contributed by atoms with E-state index in [1.165, 1.54) is 16.3 Å².